The highest BCUT2D eigenvalue weighted by molar-refractivity contribution is 6.08. The summed E-state index contributed by atoms with van der Waals surface area (Å²) in [7, 11) is 0. The average molecular weight is 270 g/mol. The van der Waals surface area contributed by atoms with Crippen molar-refractivity contribution in [1.29, 1.82) is 0 Å². The first kappa shape index (κ1) is 12.4. The van der Waals surface area contributed by atoms with Crippen LogP contribution in [0.25, 0.3) is 21.9 Å². The number of benzene rings is 2. The summed E-state index contributed by atoms with van der Waals surface area (Å²) in [4.78, 5) is 0. The van der Waals surface area contributed by atoms with Crippen molar-refractivity contribution in [2.45, 2.75) is 20.3 Å². The summed E-state index contributed by atoms with van der Waals surface area (Å²) in [5.41, 5.74) is 9.43. The molecule has 0 radical (unpaired) electrons. The van der Waals surface area contributed by atoms with Crippen LogP contribution in [0.2, 0.25) is 0 Å². The standard InChI is InChI=1S/C21H18/c1-4-15-12-16-7-5-9-18(16)19-10-6-8-17-14(3)13(2)11-20(15)21(17)19/h4-6,8-12H,1,7H2,2-3H3. The SMILES string of the molecule is C=CC1=CC2=C(C=CC2)c2cccc3c(C)c(C)cc1c23. The molecule has 2 aromatic rings. The lowest BCUT2D eigenvalue weighted by Gasteiger charge is -2.15. The summed E-state index contributed by atoms with van der Waals surface area (Å²) in [6.45, 7) is 8.46. The Bertz CT molecular complexity index is 886. The third-order valence-corrected chi connectivity index (χ3v) is 4.81. The molecule has 0 N–H and O–H groups in total. The molecule has 0 heterocycles. The van der Waals surface area contributed by atoms with Crippen molar-refractivity contribution >= 4 is 21.9 Å². The van der Waals surface area contributed by atoms with Gasteiger partial charge in [0.1, 0.15) is 0 Å². The van der Waals surface area contributed by atoms with Crippen LogP contribution in [0.4, 0.5) is 0 Å². The molecule has 2 aromatic carbocycles. The normalized spacial score (nSPS) is 16.0. The number of aryl methyl sites for hydroxylation is 2. The maximum Gasteiger partial charge on any atom is -0.00239 e. The Morgan fingerprint density at radius 3 is 2.81 bits per heavy atom. The second kappa shape index (κ2) is 4.33. The molecule has 0 bridgehead atoms. The van der Waals surface area contributed by atoms with Crippen molar-refractivity contribution in [2.24, 2.45) is 0 Å². The summed E-state index contributed by atoms with van der Waals surface area (Å²) in [6.07, 6.45) is 9.85. The van der Waals surface area contributed by atoms with Crippen LogP contribution in [0.5, 0.6) is 0 Å². The van der Waals surface area contributed by atoms with E-state index in [9.17, 15) is 0 Å². The van der Waals surface area contributed by atoms with Gasteiger partial charge in [-0.3, -0.25) is 0 Å². The molecule has 0 nitrogen and oxygen atoms in total. The molecule has 0 unspecified atom stereocenters. The zero-order valence-corrected chi connectivity index (χ0v) is 12.5. The maximum absolute atomic E-state index is 4.04. The Morgan fingerprint density at radius 1 is 1.14 bits per heavy atom. The summed E-state index contributed by atoms with van der Waals surface area (Å²) in [6, 6.07) is 9.01. The molecule has 0 saturated carbocycles. The lowest BCUT2D eigenvalue weighted by molar-refractivity contribution is 1.34. The van der Waals surface area contributed by atoms with E-state index in [1.54, 1.807) is 0 Å². The molecule has 21 heavy (non-hydrogen) atoms. The predicted octanol–water partition coefficient (Wildman–Crippen LogP) is 5.75. The molecule has 2 aliphatic rings. The van der Waals surface area contributed by atoms with E-state index in [1.165, 1.54) is 49.7 Å². The molecule has 0 aromatic heterocycles. The molecule has 0 heteroatoms. The van der Waals surface area contributed by atoms with Crippen LogP contribution in [0.1, 0.15) is 28.7 Å². The van der Waals surface area contributed by atoms with E-state index >= 15 is 0 Å². The van der Waals surface area contributed by atoms with Gasteiger partial charge in [-0.25, -0.2) is 0 Å². The first-order valence-electron chi connectivity index (χ1n) is 7.48. The minimum Gasteiger partial charge on any atom is -0.0984 e. The van der Waals surface area contributed by atoms with E-state index in [0.717, 1.165) is 6.42 Å². The van der Waals surface area contributed by atoms with Gasteiger partial charge >= 0.3 is 0 Å². The predicted molar refractivity (Wildman–Crippen MR) is 92.3 cm³/mol. The number of fused-ring (bicyclic) bond motifs is 1. The van der Waals surface area contributed by atoms with Crippen molar-refractivity contribution < 1.29 is 0 Å². The van der Waals surface area contributed by atoms with Crippen LogP contribution in [0.15, 0.2) is 60.7 Å². The molecular formula is C21H18. The molecule has 0 aliphatic heterocycles. The van der Waals surface area contributed by atoms with Gasteiger partial charge in [0.2, 0.25) is 0 Å². The van der Waals surface area contributed by atoms with Crippen LogP contribution >= 0.6 is 0 Å². The van der Waals surface area contributed by atoms with Crippen molar-refractivity contribution in [3.63, 3.8) is 0 Å². The first-order chi connectivity index (χ1) is 10.2. The Morgan fingerprint density at radius 2 is 2.00 bits per heavy atom. The molecule has 4 rings (SSSR count). The van der Waals surface area contributed by atoms with E-state index in [0.29, 0.717) is 0 Å². The fourth-order valence-corrected chi connectivity index (χ4v) is 3.57. The van der Waals surface area contributed by atoms with Gasteiger partial charge in [0.15, 0.2) is 0 Å². The number of rotatable bonds is 1. The van der Waals surface area contributed by atoms with E-state index in [-0.39, 0.29) is 0 Å². The zero-order chi connectivity index (χ0) is 14.6. The Hall–Kier alpha value is -2.34. The lowest BCUT2D eigenvalue weighted by atomic mass is 9.89. The topological polar surface area (TPSA) is 0 Å². The molecule has 2 aliphatic carbocycles. The summed E-state index contributed by atoms with van der Waals surface area (Å²) in [5, 5.41) is 2.74. The zero-order valence-electron chi connectivity index (χ0n) is 12.5. The van der Waals surface area contributed by atoms with Gasteiger partial charge in [-0.1, -0.05) is 55.1 Å². The molecule has 0 spiro atoms. The Balaban J connectivity index is 2.26. The monoisotopic (exact) mass is 270 g/mol. The minimum atomic E-state index is 1.02. The van der Waals surface area contributed by atoms with Crippen LogP contribution in [0.3, 0.4) is 0 Å². The average Bonchev–Trinajstić information content (AvgIpc) is 2.91. The van der Waals surface area contributed by atoms with Gasteiger partial charge < -0.3 is 0 Å². The summed E-state index contributed by atoms with van der Waals surface area (Å²) in [5.74, 6) is 0. The third kappa shape index (κ3) is 1.62. The van der Waals surface area contributed by atoms with Crippen molar-refractivity contribution in [3.8, 4) is 0 Å². The van der Waals surface area contributed by atoms with Gasteiger partial charge in [0.05, 0.1) is 0 Å². The molecule has 0 amide bonds. The van der Waals surface area contributed by atoms with Crippen molar-refractivity contribution in [3.05, 3.63) is 83.0 Å². The third-order valence-electron chi connectivity index (χ3n) is 4.81. The smallest absolute Gasteiger partial charge is 0.00239 e. The molecule has 0 atom stereocenters. The second-order valence-electron chi connectivity index (χ2n) is 5.94. The van der Waals surface area contributed by atoms with E-state index in [1.807, 2.05) is 6.08 Å². The highest BCUT2D eigenvalue weighted by Gasteiger charge is 2.20. The Labute approximate surface area is 125 Å². The van der Waals surface area contributed by atoms with E-state index < -0.39 is 0 Å². The number of hydrogen-bond acceptors (Lipinski definition) is 0. The van der Waals surface area contributed by atoms with Gasteiger partial charge in [-0.2, -0.15) is 0 Å². The van der Waals surface area contributed by atoms with Crippen molar-refractivity contribution in [1.82, 2.24) is 0 Å². The van der Waals surface area contributed by atoms with E-state index in [2.05, 4.69) is 62.9 Å². The first-order valence-corrected chi connectivity index (χ1v) is 7.48. The van der Waals surface area contributed by atoms with E-state index in [4.69, 9.17) is 0 Å². The molecule has 0 fully saturated rings. The quantitative estimate of drug-likeness (QED) is 0.618. The molecular weight excluding hydrogens is 252 g/mol. The van der Waals surface area contributed by atoms with Gasteiger partial charge in [-0.15, -0.1) is 0 Å². The van der Waals surface area contributed by atoms with Gasteiger partial charge in [0, 0.05) is 0 Å². The number of hydrogen-bond donors (Lipinski definition) is 0. The number of allylic oxidation sites excluding steroid dienone is 7. The molecule has 102 valence electrons. The van der Waals surface area contributed by atoms with Crippen LogP contribution in [-0.4, -0.2) is 0 Å². The molecule has 0 saturated heterocycles. The summed E-state index contributed by atoms with van der Waals surface area (Å²) >= 11 is 0. The minimum absolute atomic E-state index is 1.02. The van der Waals surface area contributed by atoms with Crippen LogP contribution in [-0.2, 0) is 0 Å². The van der Waals surface area contributed by atoms with Crippen molar-refractivity contribution in [2.75, 3.05) is 0 Å². The van der Waals surface area contributed by atoms with Gasteiger partial charge in [0.25, 0.3) is 0 Å². The Kier molecular flexibility index (Phi) is 2.56. The summed E-state index contributed by atoms with van der Waals surface area (Å²) < 4.78 is 0. The second-order valence-corrected chi connectivity index (χ2v) is 5.94. The highest BCUT2D eigenvalue weighted by atomic mass is 14.2. The maximum atomic E-state index is 4.04. The fraction of sp³-hybridized carbons (Fsp3) is 0.143. The highest BCUT2D eigenvalue weighted by Crippen LogP contribution is 2.42. The fourth-order valence-electron chi connectivity index (χ4n) is 3.57. The lowest BCUT2D eigenvalue weighted by Crippen LogP contribution is -1.93. The largest absolute Gasteiger partial charge is 0.0984 e. The van der Waals surface area contributed by atoms with Gasteiger partial charge in [-0.05, 0) is 70.0 Å². The van der Waals surface area contributed by atoms with Crippen LogP contribution < -0.4 is 0 Å². The van der Waals surface area contributed by atoms with Crippen LogP contribution in [0, 0.1) is 13.8 Å².